The lowest BCUT2D eigenvalue weighted by Gasteiger charge is -2.07. The van der Waals surface area contributed by atoms with E-state index in [4.69, 9.17) is 15.5 Å². The number of hydrogen-bond donors (Lipinski definition) is 3. The number of aromatic carboxylic acids is 2. The molecular weight excluding hydrogens is 274 g/mol. The van der Waals surface area contributed by atoms with E-state index in [1.165, 1.54) is 30.3 Å². The maximum absolute atomic E-state index is 11.0. The van der Waals surface area contributed by atoms with Crippen LogP contribution in [0, 0.1) is 11.3 Å². The highest BCUT2D eigenvalue weighted by Gasteiger charge is 2.13. The normalized spacial score (nSPS) is 9.86. The number of nitriles is 1. The molecule has 0 aromatic heterocycles. The summed E-state index contributed by atoms with van der Waals surface area (Å²) >= 11 is 0. The van der Waals surface area contributed by atoms with Gasteiger partial charge in [0.2, 0.25) is 0 Å². The Hall–Kier alpha value is -3.33. The van der Waals surface area contributed by atoms with E-state index in [9.17, 15) is 14.7 Å². The van der Waals surface area contributed by atoms with Crippen molar-refractivity contribution in [2.75, 3.05) is 0 Å². The van der Waals surface area contributed by atoms with Crippen LogP contribution in [0.5, 0.6) is 5.75 Å². The van der Waals surface area contributed by atoms with Gasteiger partial charge >= 0.3 is 11.9 Å². The van der Waals surface area contributed by atoms with Crippen molar-refractivity contribution in [3.8, 4) is 22.9 Å². The van der Waals surface area contributed by atoms with Gasteiger partial charge in [0.15, 0.2) is 0 Å². The Morgan fingerprint density at radius 2 is 1.48 bits per heavy atom. The van der Waals surface area contributed by atoms with E-state index in [0.717, 1.165) is 6.07 Å². The van der Waals surface area contributed by atoms with Crippen molar-refractivity contribution in [3.63, 3.8) is 0 Å². The van der Waals surface area contributed by atoms with E-state index in [1.54, 1.807) is 6.07 Å². The topological polar surface area (TPSA) is 119 Å². The van der Waals surface area contributed by atoms with Gasteiger partial charge in [-0.05, 0) is 41.5 Å². The van der Waals surface area contributed by atoms with Crippen molar-refractivity contribution in [1.29, 1.82) is 5.26 Å². The highest BCUT2D eigenvalue weighted by Crippen LogP contribution is 2.28. The average Bonchev–Trinajstić information content (AvgIpc) is 2.46. The van der Waals surface area contributed by atoms with Crippen molar-refractivity contribution >= 4 is 11.9 Å². The quantitative estimate of drug-likeness (QED) is 0.795. The molecule has 0 aliphatic heterocycles. The van der Waals surface area contributed by atoms with Crippen molar-refractivity contribution in [3.05, 3.63) is 53.1 Å². The zero-order valence-electron chi connectivity index (χ0n) is 10.6. The van der Waals surface area contributed by atoms with Gasteiger partial charge in [0.1, 0.15) is 11.8 Å². The predicted octanol–water partition coefficient (Wildman–Crippen LogP) is 2.33. The number of phenols is 1. The number of nitrogens with zero attached hydrogens (tertiary/aromatic N) is 1. The third-order valence-corrected chi connectivity index (χ3v) is 2.88. The SMILES string of the molecule is N#Cc1ccc(-c2cc(C(=O)O)cc(C(=O)O)c2)cc1O. The number of phenolic OH excluding ortho intramolecular Hbond substituents is 1. The summed E-state index contributed by atoms with van der Waals surface area (Å²) in [7, 11) is 0. The van der Waals surface area contributed by atoms with Gasteiger partial charge in [-0.1, -0.05) is 6.07 Å². The van der Waals surface area contributed by atoms with Crippen LogP contribution in [0.25, 0.3) is 11.1 Å². The first-order valence-electron chi connectivity index (χ1n) is 5.77. The molecule has 0 amide bonds. The van der Waals surface area contributed by atoms with Crippen LogP contribution in [-0.4, -0.2) is 27.3 Å². The van der Waals surface area contributed by atoms with Crippen LogP contribution in [0.4, 0.5) is 0 Å². The van der Waals surface area contributed by atoms with E-state index in [2.05, 4.69) is 0 Å². The van der Waals surface area contributed by atoms with Crippen LogP contribution in [0.15, 0.2) is 36.4 Å². The lowest BCUT2D eigenvalue weighted by atomic mass is 9.98. The van der Waals surface area contributed by atoms with E-state index in [-0.39, 0.29) is 22.4 Å². The van der Waals surface area contributed by atoms with Crippen molar-refractivity contribution in [1.82, 2.24) is 0 Å². The number of carboxylic acid groups (broad SMARTS) is 2. The second-order valence-corrected chi connectivity index (χ2v) is 4.25. The number of rotatable bonds is 3. The van der Waals surface area contributed by atoms with Crippen LogP contribution < -0.4 is 0 Å². The highest BCUT2D eigenvalue weighted by atomic mass is 16.4. The van der Waals surface area contributed by atoms with Crippen molar-refractivity contribution < 1.29 is 24.9 Å². The molecule has 0 spiro atoms. The van der Waals surface area contributed by atoms with Crippen LogP contribution in [0.1, 0.15) is 26.3 Å². The maximum atomic E-state index is 11.0. The van der Waals surface area contributed by atoms with E-state index in [1.807, 2.05) is 0 Å². The highest BCUT2D eigenvalue weighted by molar-refractivity contribution is 5.96. The minimum Gasteiger partial charge on any atom is -0.507 e. The molecule has 0 fully saturated rings. The van der Waals surface area contributed by atoms with E-state index < -0.39 is 11.9 Å². The Morgan fingerprint density at radius 3 is 1.90 bits per heavy atom. The summed E-state index contributed by atoms with van der Waals surface area (Å²) in [4.78, 5) is 22.1. The summed E-state index contributed by atoms with van der Waals surface area (Å²) in [5.41, 5.74) is 0.471. The standard InChI is InChI=1S/C15H9NO5/c16-7-9-2-1-8(6-13(9)17)10-3-11(14(18)19)5-12(4-10)15(20)21/h1-6,17H,(H,18,19)(H,20,21). The number of benzene rings is 2. The molecule has 0 atom stereocenters. The van der Waals surface area contributed by atoms with Crippen molar-refractivity contribution in [2.45, 2.75) is 0 Å². The maximum Gasteiger partial charge on any atom is 0.335 e. The Kier molecular flexibility index (Phi) is 3.59. The number of hydrogen-bond acceptors (Lipinski definition) is 4. The molecule has 6 nitrogen and oxygen atoms in total. The van der Waals surface area contributed by atoms with Crippen LogP contribution in [0.3, 0.4) is 0 Å². The minimum absolute atomic E-state index is 0.0756. The predicted molar refractivity (Wildman–Crippen MR) is 72.2 cm³/mol. The molecule has 0 bridgehead atoms. The van der Waals surface area contributed by atoms with Crippen LogP contribution >= 0.6 is 0 Å². The lowest BCUT2D eigenvalue weighted by Crippen LogP contribution is -2.03. The van der Waals surface area contributed by atoms with Gasteiger partial charge in [0.25, 0.3) is 0 Å². The first-order valence-corrected chi connectivity index (χ1v) is 5.77. The summed E-state index contributed by atoms with van der Waals surface area (Å²) in [5.74, 6) is -2.76. The summed E-state index contributed by atoms with van der Waals surface area (Å²) in [6.07, 6.45) is 0. The molecule has 0 aliphatic rings. The molecule has 0 saturated heterocycles. The largest absolute Gasteiger partial charge is 0.507 e. The Morgan fingerprint density at radius 1 is 0.905 bits per heavy atom. The number of carboxylic acids is 2. The molecule has 0 radical (unpaired) electrons. The molecule has 6 heteroatoms. The second kappa shape index (κ2) is 5.35. The van der Waals surface area contributed by atoms with Crippen LogP contribution in [-0.2, 0) is 0 Å². The van der Waals surface area contributed by atoms with Gasteiger partial charge in [0.05, 0.1) is 16.7 Å². The molecule has 2 aromatic rings. The molecular formula is C15H9NO5. The van der Waals surface area contributed by atoms with Gasteiger partial charge < -0.3 is 15.3 Å². The lowest BCUT2D eigenvalue weighted by molar-refractivity contribution is 0.0696. The van der Waals surface area contributed by atoms with Crippen molar-refractivity contribution in [2.24, 2.45) is 0 Å². The molecule has 21 heavy (non-hydrogen) atoms. The molecule has 2 aromatic carbocycles. The summed E-state index contributed by atoms with van der Waals surface area (Å²) in [6, 6.07) is 9.61. The molecule has 2 rings (SSSR count). The summed E-state index contributed by atoms with van der Waals surface area (Å²) in [5, 5.41) is 36.4. The summed E-state index contributed by atoms with van der Waals surface area (Å²) < 4.78 is 0. The fraction of sp³-hybridized carbons (Fsp3) is 0. The van der Waals surface area contributed by atoms with Gasteiger partial charge in [-0.25, -0.2) is 9.59 Å². The molecule has 3 N–H and O–H groups in total. The van der Waals surface area contributed by atoms with Gasteiger partial charge in [-0.15, -0.1) is 0 Å². The van der Waals surface area contributed by atoms with E-state index >= 15 is 0 Å². The molecule has 104 valence electrons. The zero-order chi connectivity index (χ0) is 15.6. The fourth-order valence-corrected chi connectivity index (χ4v) is 1.85. The second-order valence-electron chi connectivity index (χ2n) is 4.25. The monoisotopic (exact) mass is 283 g/mol. The smallest absolute Gasteiger partial charge is 0.335 e. The molecule has 0 aliphatic carbocycles. The Bertz CT molecular complexity index is 757. The first kappa shape index (κ1) is 14.1. The third-order valence-electron chi connectivity index (χ3n) is 2.88. The average molecular weight is 283 g/mol. The Labute approximate surface area is 119 Å². The van der Waals surface area contributed by atoms with Crippen LogP contribution in [0.2, 0.25) is 0 Å². The number of carbonyl (C=O) groups is 2. The summed E-state index contributed by atoms with van der Waals surface area (Å²) in [6.45, 7) is 0. The zero-order valence-corrected chi connectivity index (χ0v) is 10.6. The first-order chi connectivity index (χ1) is 9.92. The third kappa shape index (κ3) is 2.82. The minimum atomic E-state index is -1.25. The van der Waals surface area contributed by atoms with Gasteiger partial charge in [0, 0.05) is 0 Å². The fourth-order valence-electron chi connectivity index (χ4n) is 1.85. The van der Waals surface area contributed by atoms with Gasteiger partial charge in [-0.3, -0.25) is 0 Å². The Balaban J connectivity index is 2.63. The molecule has 0 saturated carbocycles. The molecule has 0 heterocycles. The number of aromatic hydroxyl groups is 1. The van der Waals surface area contributed by atoms with Gasteiger partial charge in [-0.2, -0.15) is 5.26 Å². The molecule has 0 unspecified atom stereocenters. The van der Waals surface area contributed by atoms with E-state index in [0.29, 0.717) is 11.1 Å².